The first-order chi connectivity index (χ1) is 16.6. The summed E-state index contributed by atoms with van der Waals surface area (Å²) in [7, 11) is 0. The minimum absolute atomic E-state index is 0.00147. The highest BCUT2D eigenvalue weighted by Crippen LogP contribution is 2.35. The van der Waals surface area contributed by atoms with Crippen molar-refractivity contribution in [2.75, 3.05) is 31.1 Å². The highest BCUT2D eigenvalue weighted by atomic mass is 16.5. The molecule has 0 aliphatic carbocycles. The summed E-state index contributed by atoms with van der Waals surface area (Å²) in [4.78, 5) is 29.5. The van der Waals surface area contributed by atoms with E-state index >= 15 is 0 Å². The number of carbonyl (C=O) groups is 1. The van der Waals surface area contributed by atoms with Crippen LogP contribution in [0, 0.1) is 0 Å². The fourth-order valence-corrected chi connectivity index (χ4v) is 4.78. The molecule has 34 heavy (non-hydrogen) atoms. The Bertz CT molecular complexity index is 1360. The average molecular weight is 456 g/mol. The van der Waals surface area contributed by atoms with Crippen LogP contribution in [0.3, 0.4) is 0 Å². The van der Waals surface area contributed by atoms with Gasteiger partial charge in [0.2, 0.25) is 5.88 Å². The minimum Gasteiger partial charge on any atom is -0.469 e. The normalized spacial score (nSPS) is 17.2. The number of piperidine rings is 1. The van der Waals surface area contributed by atoms with Crippen molar-refractivity contribution < 1.29 is 14.6 Å². The Balaban J connectivity index is 1.21. The topological polar surface area (TPSA) is 91.7 Å². The SMILES string of the molecule is O=C(O)N1CCC(c2nc3ccccc3nc2OC2CN(c3ccc4ccccc4n3)C2)CC1. The molecule has 1 amide bonds. The van der Waals surface area contributed by atoms with Crippen LogP contribution in [0.15, 0.2) is 60.7 Å². The first-order valence-corrected chi connectivity index (χ1v) is 11.7. The van der Waals surface area contributed by atoms with Crippen LogP contribution in [0.2, 0.25) is 0 Å². The van der Waals surface area contributed by atoms with Crippen molar-refractivity contribution in [3.8, 4) is 5.88 Å². The third-order valence-electron chi connectivity index (χ3n) is 6.75. The van der Waals surface area contributed by atoms with E-state index in [0.29, 0.717) is 31.8 Å². The Labute approximate surface area is 196 Å². The molecular formula is C26H25N5O3. The summed E-state index contributed by atoms with van der Waals surface area (Å²) in [6, 6.07) is 20.1. The van der Waals surface area contributed by atoms with Crippen molar-refractivity contribution in [2.45, 2.75) is 24.9 Å². The summed E-state index contributed by atoms with van der Waals surface area (Å²) in [5.41, 5.74) is 3.46. The third kappa shape index (κ3) is 3.85. The molecule has 4 aromatic rings. The predicted molar refractivity (Wildman–Crippen MR) is 129 cm³/mol. The molecule has 2 saturated heterocycles. The number of hydrogen-bond donors (Lipinski definition) is 1. The molecule has 172 valence electrons. The number of anilines is 1. The Hall–Kier alpha value is -3.94. The van der Waals surface area contributed by atoms with Gasteiger partial charge in [0.1, 0.15) is 17.6 Å². The molecule has 2 aromatic heterocycles. The lowest BCUT2D eigenvalue weighted by molar-refractivity contribution is 0.129. The molecule has 8 nitrogen and oxygen atoms in total. The van der Waals surface area contributed by atoms with Crippen molar-refractivity contribution >= 4 is 33.8 Å². The zero-order chi connectivity index (χ0) is 23.1. The van der Waals surface area contributed by atoms with E-state index in [2.05, 4.69) is 23.1 Å². The maximum absolute atomic E-state index is 11.3. The molecule has 2 aromatic carbocycles. The van der Waals surface area contributed by atoms with Crippen LogP contribution < -0.4 is 9.64 Å². The van der Waals surface area contributed by atoms with Crippen molar-refractivity contribution in [3.05, 3.63) is 66.4 Å². The fourth-order valence-electron chi connectivity index (χ4n) is 4.78. The number of rotatable bonds is 4. The van der Waals surface area contributed by atoms with Gasteiger partial charge in [0, 0.05) is 24.4 Å². The highest BCUT2D eigenvalue weighted by Gasteiger charge is 2.33. The van der Waals surface area contributed by atoms with Crippen LogP contribution in [0.1, 0.15) is 24.5 Å². The Morgan fingerprint density at radius 1 is 0.853 bits per heavy atom. The number of likely N-dealkylation sites (tertiary alicyclic amines) is 1. The summed E-state index contributed by atoms with van der Waals surface area (Å²) >= 11 is 0. The second-order valence-corrected chi connectivity index (χ2v) is 8.95. The number of fused-ring (bicyclic) bond motifs is 2. The summed E-state index contributed by atoms with van der Waals surface area (Å²) < 4.78 is 6.38. The van der Waals surface area contributed by atoms with Gasteiger partial charge in [-0.2, -0.15) is 0 Å². The van der Waals surface area contributed by atoms with Gasteiger partial charge in [0.05, 0.1) is 29.6 Å². The van der Waals surface area contributed by atoms with Gasteiger partial charge in [-0.15, -0.1) is 0 Å². The average Bonchev–Trinajstić information content (AvgIpc) is 2.85. The van der Waals surface area contributed by atoms with Crippen molar-refractivity contribution in [1.82, 2.24) is 19.9 Å². The highest BCUT2D eigenvalue weighted by molar-refractivity contribution is 5.80. The summed E-state index contributed by atoms with van der Waals surface area (Å²) in [5.74, 6) is 1.65. The van der Waals surface area contributed by atoms with Gasteiger partial charge in [-0.3, -0.25) is 0 Å². The number of hydrogen-bond acceptors (Lipinski definition) is 6. The van der Waals surface area contributed by atoms with Crippen LogP contribution in [0.25, 0.3) is 21.9 Å². The van der Waals surface area contributed by atoms with Crippen molar-refractivity contribution in [1.29, 1.82) is 0 Å². The van der Waals surface area contributed by atoms with Crippen LogP contribution in [0.4, 0.5) is 10.6 Å². The molecule has 0 unspecified atom stereocenters. The van der Waals surface area contributed by atoms with E-state index in [4.69, 9.17) is 19.7 Å². The van der Waals surface area contributed by atoms with Crippen LogP contribution in [-0.2, 0) is 0 Å². The number of para-hydroxylation sites is 3. The van der Waals surface area contributed by atoms with E-state index in [1.807, 2.05) is 42.5 Å². The van der Waals surface area contributed by atoms with Crippen LogP contribution in [-0.4, -0.2) is 63.3 Å². The predicted octanol–water partition coefficient (Wildman–Crippen LogP) is 4.30. The van der Waals surface area contributed by atoms with E-state index in [1.165, 1.54) is 4.90 Å². The molecule has 2 aliphatic heterocycles. The summed E-state index contributed by atoms with van der Waals surface area (Å²) in [6.45, 7) is 2.46. The molecule has 2 aliphatic rings. The zero-order valence-corrected chi connectivity index (χ0v) is 18.7. The third-order valence-corrected chi connectivity index (χ3v) is 6.75. The maximum atomic E-state index is 11.3. The maximum Gasteiger partial charge on any atom is 0.407 e. The number of benzene rings is 2. The first kappa shape index (κ1) is 20.7. The van der Waals surface area contributed by atoms with Gasteiger partial charge in [-0.1, -0.05) is 30.3 Å². The molecule has 0 saturated carbocycles. The molecule has 0 bridgehead atoms. The van der Waals surface area contributed by atoms with Crippen LogP contribution >= 0.6 is 0 Å². The zero-order valence-electron chi connectivity index (χ0n) is 18.7. The van der Waals surface area contributed by atoms with Gasteiger partial charge in [0.15, 0.2) is 0 Å². The molecule has 2 fully saturated rings. The Morgan fingerprint density at radius 2 is 1.53 bits per heavy atom. The number of carboxylic acid groups (broad SMARTS) is 1. The smallest absolute Gasteiger partial charge is 0.407 e. The number of ether oxygens (including phenoxy) is 1. The number of pyridine rings is 1. The molecule has 8 heteroatoms. The lowest BCUT2D eigenvalue weighted by Crippen LogP contribution is -2.54. The lowest BCUT2D eigenvalue weighted by atomic mass is 9.93. The second-order valence-electron chi connectivity index (χ2n) is 8.95. The number of amides is 1. The largest absolute Gasteiger partial charge is 0.469 e. The van der Waals surface area contributed by atoms with E-state index in [1.54, 1.807) is 0 Å². The van der Waals surface area contributed by atoms with Crippen molar-refractivity contribution in [2.24, 2.45) is 0 Å². The van der Waals surface area contributed by atoms with E-state index in [0.717, 1.165) is 46.5 Å². The van der Waals surface area contributed by atoms with E-state index < -0.39 is 6.09 Å². The molecule has 0 radical (unpaired) electrons. The van der Waals surface area contributed by atoms with Gasteiger partial charge in [-0.05, 0) is 43.2 Å². The quantitative estimate of drug-likeness (QED) is 0.490. The minimum atomic E-state index is -0.864. The molecule has 4 heterocycles. The van der Waals surface area contributed by atoms with Gasteiger partial charge in [0.25, 0.3) is 0 Å². The lowest BCUT2D eigenvalue weighted by Gasteiger charge is -2.40. The number of aromatic nitrogens is 3. The Kier molecular flexibility index (Phi) is 5.13. The molecule has 6 rings (SSSR count). The standard InChI is InChI=1S/C26H25N5O3/c32-26(33)30-13-11-18(12-14-30)24-25(29-22-8-4-3-7-21(22)28-24)34-19-15-31(16-19)23-10-9-17-5-1-2-6-20(17)27-23/h1-10,18-19H,11-16H2,(H,32,33). The van der Waals surface area contributed by atoms with Gasteiger partial charge < -0.3 is 19.6 Å². The molecule has 0 atom stereocenters. The molecule has 0 spiro atoms. The molecule has 1 N–H and O–H groups in total. The van der Waals surface area contributed by atoms with Gasteiger partial charge in [-0.25, -0.2) is 19.7 Å². The molecular weight excluding hydrogens is 430 g/mol. The number of nitrogens with zero attached hydrogens (tertiary/aromatic N) is 5. The summed E-state index contributed by atoms with van der Waals surface area (Å²) in [5, 5.41) is 10.4. The van der Waals surface area contributed by atoms with Crippen LogP contribution in [0.5, 0.6) is 5.88 Å². The van der Waals surface area contributed by atoms with E-state index in [-0.39, 0.29) is 12.0 Å². The second kappa shape index (κ2) is 8.44. The summed E-state index contributed by atoms with van der Waals surface area (Å²) in [6.07, 6.45) is 0.569. The first-order valence-electron chi connectivity index (χ1n) is 11.7. The van der Waals surface area contributed by atoms with Gasteiger partial charge >= 0.3 is 6.09 Å². The van der Waals surface area contributed by atoms with Crippen molar-refractivity contribution in [3.63, 3.8) is 0 Å². The Morgan fingerprint density at radius 3 is 2.26 bits per heavy atom. The monoisotopic (exact) mass is 455 g/mol. The van der Waals surface area contributed by atoms with E-state index in [9.17, 15) is 9.90 Å². The fraction of sp³-hybridized carbons (Fsp3) is 0.308.